The molecule has 0 spiro atoms. The molecule has 35 heavy (non-hydrogen) atoms. The third kappa shape index (κ3) is 4.36. The van der Waals surface area contributed by atoms with E-state index in [1.807, 2.05) is 42.7 Å². The third-order valence-corrected chi connectivity index (χ3v) is 6.61. The van der Waals surface area contributed by atoms with Crippen molar-refractivity contribution in [2.45, 2.75) is 6.42 Å². The van der Waals surface area contributed by atoms with Crippen molar-refractivity contribution in [1.82, 2.24) is 30.0 Å². The molecule has 4 aromatic heterocycles. The summed E-state index contributed by atoms with van der Waals surface area (Å²) in [6.45, 7) is 3.80. The highest BCUT2D eigenvalue weighted by Crippen LogP contribution is 2.26. The lowest BCUT2D eigenvalue weighted by Gasteiger charge is -2.33. The van der Waals surface area contributed by atoms with E-state index in [2.05, 4.69) is 54.1 Å². The van der Waals surface area contributed by atoms with Crippen LogP contribution in [-0.2, 0) is 6.42 Å². The van der Waals surface area contributed by atoms with Crippen LogP contribution in [0.3, 0.4) is 0 Å². The van der Waals surface area contributed by atoms with Gasteiger partial charge in [0.2, 0.25) is 0 Å². The molecule has 1 aliphatic rings. The van der Waals surface area contributed by atoms with Crippen molar-refractivity contribution in [3.05, 3.63) is 78.4 Å². The maximum atomic E-state index is 13.1. The van der Waals surface area contributed by atoms with Gasteiger partial charge in [-0.15, -0.1) is 0 Å². The molecule has 5 heterocycles. The number of aromatic amines is 1. The van der Waals surface area contributed by atoms with Crippen LogP contribution < -0.4 is 4.90 Å². The van der Waals surface area contributed by atoms with Gasteiger partial charge in [-0.3, -0.25) is 4.79 Å². The Labute approximate surface area is 202 Å². The monoisotopic (exact) mass is 463 g/mol. The summed E-state index contributed by atoms with van der Waals surface area (Å²) < 4.78 is 0. The highest BCUT2D eigenvalue weighted by molar-refractivity contribution is 5.98. The number of nitrogens with one attached hydrogen (secondary N) is 1. The first-order chi connectivity index (χ1) is 17.1. The second kappa shape index (κ2) is 8.88. The minimum Gasteiger partial charge on any atom is -0.354 e. The van der Waals surface area contributed by atoms with E-state index in [-0.39, 0.29) is 12.2 Å². The molecule has 8 nitrogen and oxygen atoms in total. The molecule has 1 aliphatic heterocycles. The molecule has 174 valence electrons. The average Bonchev–Trinajstić information content (AvgIpc) is 3.37. The number of piperazine rings is 1. The third-order valence-electron chi connectivity index (χ3n) is 6.61. The van der Waals surface area contributed by atoms with Crippen molar-refractivity contribution < 1.29 is 4.79 Å². The van der Waals surface area contributed by atoms with E-state index in [4.69, 9.17) is 0 Å². The number of fused-ring (bicyclic) bond motifs is 2. The summed E-state index contributed by atoms with van der Waals surface area (Å²) in [4.78, 5) is 29.7. The quantitative estimate of drug-likeness (QED) is 0.397. The highest BCUT2D eigenvalue weighted by Gasteiger charge is 2.17. The van der Waals surface area contributed by atoms with Crippen LogP contribution in [-0.4, -0.2) is 69.1 Å². The molecule has 0 aliphatic carbocycles. The fourth-order valence-electron chi connectivity index (χ4n) is 4.52. The molecule has 0 bridgehead atoms. The Morgan fingerprint density at radius 1 is 0.914 bits per heavy atom. The summed E-state index contributed by atoms with van der Waals surface area (Å²) in [5.74, 6) is 0.862. The van der Waals surface area contributed by atoms with Gasteiger partial charge in [0.15, 0.2) is 5.78 Å². The number of Topliss-reactive ketones (excluding diaryl/α,β-unsaturated/α-hetero) is 1. The molecule has 8 heteroatoms. The molecule has 5 aromatic rings. The maximum absolute atomic E-state index is 13.1. The number of rotatable bonds is 5. The Morgan fingerprint density at radius 2 is 1.77 bits per heavy atom. The summed E-state index contributed by atoms with van der Waals surface area (Å²) in [6, 6.07) is 15.8. The summed E-state index contributed by atoms with van der Waals surface area (Å²) in [7, 11) is 2.12. The van der Waals surface area contributed by atoms with Crippen LogP contribution in [0.2, 0.25) is 0 Å². The number of hydrogen-bond donors (Lipinski definition) is 1. The molecule has 0 saturated carbocycles. The lowest BCUT2D eigenvalue weighted by Crippen LogP contribution is -2.44. The van der Waals surface area contributed by atoms with Crippen molar-refractivity contribution in [2.75, 3.05) is 38.1 Å². The Hall–Kier alpha value is -4.17. The maximum Gasteiger partial charge on any atom is 0.169 e. The molecular weight excluding hydrogens is 438 g/mol. The fraction of sp³-hybridized carbons (Fsp3) is 0.222. The van der Waals surface area contributed by atoms with Gasteiger partial charge < -0.3 is 14.8 Å². The fourth-order valence-corrected chi connectivity index (χ4v) is 4.52. The Morgan fingerprint density at radius 3 is 2.66 bits per heavy atom. The first kappa shape index (κ1) is 21.4. The number of carbonyl (C=O) groups is 1. The molecule has 6 rings (SSSR count). The van der Waals surface area contributed by atoms with E-state index >= 15 is 0 Å². The standard InChI is InChI=1S/C27H25N7O/c1-33-8-10-34(11-9-33)26-15-19(4-6-28-26)25(35)16-23-14-21-12-18(2-3-24(21)32-31-23)22-13-20-5-7-29-27(20)30-17-22/h2-7,12-15,17H,8-11,16H2,1H3,(H,29,30). The Bertz CT molecular complexity index is 1540. The normalized spacial score (nSPS) is 14.6. The number of pyridine rings is 2. The smallest absolute Gasteiger partial charge is 0.169 e. The van der Waals surface area contributed by atoms with Crippen LogP contribution in [0.1, 0.15) is 16.1 Å². The molecular formula is C27H25N7O. The number of ketones is 1. The molecule has 0 amide bonds. The average molecular weight is 464 g/mol. The van der Waals surface area contributed by atoms with Crippen LogP contribution in [0.25, 0.3) is 33.1 Å². The zero-order valence-corrected chi connectivity index (χ0v) is 19.5. The second-order valence-corrected chi connectivity index (χ2v) is 9.04. The number of benzene rings is 1. The van der Waals surface area contributed by atoms with Gasteiger partial charge in [0.05, 0.1) is 17.6 Å². The number of nitrogens with zero attached hydrogens (tertiary/aromatic N) is 6. The number of anilines is 1. The Balaban J connectivity index is 1.24. The SMILES string of the molecule is CN1CCN(c2cc(C(=O)Cc3cc4cc(-c5cnc6[nH]ccc6c5)ccc4nn3)ccn2)CC1. The summed E-state index contributed by atoms with van der Waals surface area (Å²) in [6.07, 6.45) is 5.66. The van der Waals surface area contributed by atoms with Gasteiger partial charge in [0.25, 0.3) is 0 Å². The number of aromatic nitrogens is 5. The van der Waals surface area contributed by atoms with Gasteiger partial charge in [-0.2, -0.15) is 10.2 Å². The summed E-state index contributed by atoms with van der Waals surface area (Å²) in [5, 5.41) is 10.7. The molecule has 1 N–H and O–H groups in total. The first-order valence-corrected chi connectivity index (χ1v) is 11.7. The van der Waals surface area contributed by atoms with E-state index in [1.54, 1.807) is 12.3 Å². The lowest BCUT2D eigenvalue weighted by molar-refractivity contribution is 0.0991. The minimum absolute atomic E-state index is 0.00897. The van der Waals surface area contributed by atoms with Gasteiger partial charge in [-0.05, 0) is 55.1 Å². The van der Waals surface area contributed by atoms with Crippen molar-refractivity contribution >= 4 is 33.5 Å². The molecule has 0 atom stereocenters. The molecule has 0 unspecified atom stereocenters. The van der Waals surface area contributed by atoms with E-state index in [0.29, 0.717) is 11.3 Å². The van der Waals surface area contributed by atoms with E-state index in [0.717, 1.165) is 65.1 Å². The van der Waals surface area contributed by atoms with E-state index in [1.165, 1.54) is 0 Å². The van der Waals surface area contributed by atoms with Crippen molar-refractivity contribution in [3.63, 3.8) is 0 Å². The number of carbonyl (C=O) groups excluding carboxylic acids is 1. The van der Waals surface area contributed by atoms with Crippen LogP contribution in [0.4, 0.5) is 5.82 Å². The first-order valence-electron chi connectivity index (χ1n) is 11.7. The topological polar surface area (TPSA) is 90.9 Å². The molecule has 0 radical (unpaired) electrons. The zero-order chi connectivity index (χ0) is 23.8. The van der Waals surface area contributed by atoms with Crippen molar-refractivity contribution in [3.8, 4) is 11.1 Å². The largest absolute Gasteiger partial charge is 0.354 e. The van der Waals surface area contributed by atoms with Gasteiger partial charge in [-0.1, -0.05) is 6.07 Å². The number of H-pyrrole nitrogens is 1. The Kier molecular flexibility index (Phi) is 5.42. The predicted octanol–water partition coefficient (Wildman–Crippen LogP) is 3.75. The van der Waals surface area contributed by atoms with Crippen LogP contribution in [0.15, 0.2) is 67.1 Å². The van der Waals surface area contributed by atoms with E-state index < -0.39 is 0 Å². The minimum atomic E-state index is 0.00897. The van der Waals surface area contributed by atoms with Crippen molar-refractivity contribution in [2.24, 2.45) is 0 Å². The van der Waals surface area contributed by atoms with Gasteiger partial charge in [-0.25, -0.2) is 9.97 Å². The summed E-state index contributed by atoms with van der Waals surface area (Å²) in [5.41, 5.74) is 5.04. The van der Waals surface area contributed by atoms with E-state index in [9.17, 15) is 4.79 Å². The van der Waals surface area contributed by atoms with Crippen LogP contribution in [0.5, 0.6) is 0 Å². The lowest BCUT2D eigenvalue weighted by atomic mass is 10.0. The molecule has 1 aromatic carbocycles. The molecule has 1 saturated heterocycles. The van der Waals surface area contributed by atoms with Crippen molar-refractivity contribution in [1.29, 1.82) is 0 Å². The molecule has 1 fully saturated rings. The van der Waals surface area contributed by atoms with Gasteiger partial charge in [0.1, 0.15) is 11.5 Å². The predicted molar refractivity (Wildman–Crippen MR) is 137 cm³/mol. The summed E-state index contributed by atoms with van der Waals surface area (Å²) >= 11 is 0. The highest BCUT2D eigenvalue weighted by atomic mass is 16.1. The van der Waals surface area contributed by atoms with Crippen LogP contribution >= 0.6 is 0 Å². The number of likely N-dealkylation sites (N-methyl/N-ethyl adjacent to an activating group) is 1. The second-order valence-electron chi connectivity index (χ2n) is 9.04. The van der Waals surface area contributed by atoms with Crippen LogP contribution in [0, 0.1) is 0 Å². The number of hydrogen-bond acceptors (Lipinski definition) is 7. The van der Waals surface area contributed by atoms with Gasteiger partial charge in [0, 0.05) is 66.7 Å². The van der Waals surface area contributed by atoms with Gasteiger partial charge >= 0.3 is 0 Å². The zero-order valence-electron chi connectivity index (χ0n) is 19.5.